The molecular weight excluding hydrogens is 272 g/mol. The molecule has 2 aliphatic heterocycles. The van der Waals surface area contributed by atoms with Crippen molar-refractivity contribution in [2.45, 2.75) is 64.2 Å². The number of likely N-dealkylation sites (tertiary alicyclic amines) is 1. The lowest BCUT2D eigenvalue weighted by atomic mass is 9.99. The van der Waals surface area contributed by atoms with Gasteiger partial charge in [0.2, 0.25) is 0 Å². The Morgan fingerprint density at radius 1 is 1.33 bits per heavy atom. The molecule has 0 aromatic rings. The molecule has 0 bridgehead atoms. The zero-order valence-corrected chi connectivity index (χ0v) is 13.2. The number of urea groups is 1. The first-order chi connectivity index (χ1) is 9.78. The van der Waals surface area contributed by atoms with Crippen LogP contribution >= 0.6 is 0 Å². The second-order valence-corrected chi connectivity index (χ2v) is 6.79. The lowest BCUT2D eigenvalue weighted by molar-refractivity contribution is -0.139. The van der Waals surface area contributed by atoms with Crippen LogP contribution in [0.15, 0.2) is 0 Å². The molecule has 2 saturated heterocycles. The van der Waals surface area contributed by atoms with Crippen LogP contribution in [0.4, 0.5) is 4.79 Å². The normalized spacial score (nSPS) is 29.3. The minimum absolute atomic E-state index is 0.000384. The molecule has 0 aromatic heterocycles. The summed E-state index contributed by atoms with van der Waals surface area (Å²) in [4.78, 5) is 27.3. The van der Waals surface area contributed by atoms with E-state index in [2.05, 4.69) is 0 Å². The lowest BCUT2D eigenvalue weighted by Gasteiger charge is -2.45. The topological polar surface area (TPSA) is 70.1 Å². The quantitative estimate of drug-likeness (QED) is 0.845. The maximum atomic E-state index is 12.8. The van der Waals surface area contributed by atoms with Crippen LogP contribution in [-0.4, -0.2) is 64.3 Å². The Balaban J connectivity index is 2.07. The van der Waals surface area contributed by atoms with Crippen molar-refractivity contribution >= 4 is 12.0 Å². The maximum Gasteiger partial charge on any atom is 0.320 e. The summed E-state index contributed by atoms with van der Waals surface area (Å²) in [5.41, 5.74) is -0.356. The molecule has 2 unspecified atom stereocenters. The SMILES string of the molecule is CC1CN(C(=O)N2CCCCC2CC(=O)O)CC(C)(C)O1. The van der Waals surface area contributed by atoms with Gasteiger partial charge in [-0.1, -0.05) is 0 Å². The van der Waals surface area contributed by atoms with E-state index in [1.807, 2.05) is 25.7 Å². The average Bonchev–Trinajstić information content (AvgIpc) is 2.35. The van der Waals surface area contributed by atoms with Crippen molar-refractivity contribution in [1.82, 2.24) is 9.80 Å². The van der Waals surface area contributed by atoms with E-state index >= 15 is 0 Å². The number of carbonyl (C=O) groups excluding carboxylic acids is 1. The fourth-order valence-electron chi connectivity index (χ4n) is 3.45. The summed E-state index contributed by atoms with van der Waals surface area (Å²) < 4.78 is 5.83. The molecule has 6 nitrogen and oxygen atoms in total. The second kappa shape index (κ2) is 6.22. The zero-order valence-electron chi connectivity index (χ0n) is 13.2. The van der Waals surface area contributed by atoms with Gasteiger partial charge in [-0.25, -0.2) is 4.79 Å². The Morgan fingerprint density at radius 3 is 2.67 bits per heavy atom. The maximum absolute atomic E-state index is 12.8. The van der Waals surface area contributed by atoms with E-state index in [9.17, 15) is 9.59 Å². The Morgan fingerprint density at radius 2 is 2.05 bits per heavy atom. The van der Waals surface area contributed by atoms with Gasteiger partial charge >= 0.3 is 12.0 Å². The molecule has 0 aromatic carbocycles. The van der Waals surface area contributed by atoms with Crippen LogP contribution in [0, 0.1) is 0 Å². The third kappa shape index (κ3) is 4.09. The third-order valence-electron chi connectivity index (χ3n) is 4.12. The monoisotopic (exact) mass is 298 g/mol. The number of carboxylic acids is 1. The standard InChI is InChI=1S/C15H26N2O4/c1-11-9-16(10-15(2,3)21-11)14(20)17-7-5-4-6-12(17)8-13(18)19/h11-12H,4-10H2,1-3H3,(H,18,19). The van der Waals surface area contributed by atoms with Crippen molar-refractivity contribution in [1.29, 1.82) is 0 Å². The van der Waals surface area contributed by atoms with E-state index in [0.29, 0.717) is 19.6 Å². The molecule has 2 heterocycles. The summed E-state index contributed by atoms with van der Waals surface area (Å²) in [5.74, 6) is -0.838. The van der Waals surface area contributed by atoms with Gasteiger partial charge in [0.25, 0.3) is 0 Å². The number of morpholine rings is 1. The van der Waals surface area contributed by atoms with Gasteiger partial charge in [-0.3, -0.25) is 4.79 Å². The Labute approximate surface area is 126 Å². The number of aliphatic carboxylic acids is 1. The van der Waals surface area contributed by atoms with Crippen LogP contribution in [-0.2, 0) is 9.53 Å². The number of piperidine rings is 1. The predicted octanol–water partition coefficient (Wildman–Crippen LogP) is 1.93. The van der Waals surface area contributed by atoms with Crippen molar-refractivity contribution < 1.29 is 19.4 Å². The highest BCUT2D eigenvalue weighted by atomic mass is 16.5. The summed E-state index contributed by atoms with van der Waals surface area (Å²) in [5, 5.41) is 9.03. The van der Waals surface area contributed by atoms with Gasteiger partial charge in [0.1, 0.15) is 0 Å². The van der Waals surface area contributed by atoms with Gasteiger partial charge in [0, 0.05) is 19.1 Å². The number of carbonyl (C=O) groups is 2. The minimum Gasteiger partial charge on any atom is -0.481 e. The Kier molecular flexibility index (Phi) is 4.76. The number of amides is 2. The number of ether oxygens (including phenoxy) is 1. The second-order valence-electron chi connectivity index (χ2n) is 6.79. The molecule has 1 N–H and O–H groups in total. The van der Waals surface area contributed by atoms with Crippen molar-refractivity contribution in [2.24, 2.45) is 0 Å². The fraction of sp³-hybridized carbons (Fsp3) is 0.867. The molecule has 120 valence electrons. The van der Waals surface area contributed by atoms with Gasteiger partial charge in [-0.2, -0.15) is 0 Å². The summed E-state index contributed by atoms with van der Waals surface area (Å²) in [7, 11) is 0. The zero-order chi connectivity index (χ0) is 15.6. The first kappa shape index (κ1) is 16.1. The van der Waals surface area contributed by atoms with Crippen LogP contribution in [0.2, 0.25) is 0 Å². The first-order valence-electron chi connectivity index (χ1n) is 7.73. The molecule has 2 amide bonds. The number of nitrogens with zero attached hydrogens (tertiary/aromatic N) is 2. The Bertz CT molecular complexity index is 410. The highest BCUT2D eigenvalue weighted by molar-refractivity contribution is 5.76. The van der Waals surface area contributed by atoms with Crippen molar-refractivity contribution in [2.75, 3.05) is 19.6 Å². The molecule has 2 fully saturated rings. The lowest BCUT2D eigenvalue weighted by Crippen LogP contribution is -2.59. The van der Waals surface area contributed by atoms with E-state index in [1.54, 1.807) is 4.90 Å². The average molecular weight is 298 g/mol. The van der Waals surface area contributed by atoms with E-state index in [-0.39, 0.29) is 30.2 Å². The molecule has 2 atom stereocenters. The first-order valence-corrected chi connectivity index (χ1v) is 7.73. The van der Waals surface area contributed by atoms with Gasteiger partial charge < -0.3 is 19.6 Å². The van der Waals surface area contributed by atoms with E-state index in [4.69, 9.17) is 9.84 Å². The molecule has 2 rings (SSSR count). The fourth-order valence-corrected chi connectivity index (χ4v) is 3.45. The van der Waals surface area contributed by atoms with Crippen LogP contribution in [0.1, 0.15) is 46.5 Å². The van der Waals surface area contributed by atoms with Crippen molar-refractivity contribution in [3.8, 4) is 0 Å². The van der Waals surface area contributed by atoms with E-state index in [1.165, 1.54) is 0 Å². The van der Waals surface area contributed by atoms with Gasteiger partial charge in [0.05, 0.1) is 24.7 Å². The largest absolute Gasteiger partial charge is 0.481 e. The predicted molar refractivity (Wildman–Crippen MR) is 78.2 cm³/mol. The van der Waals surface area contributed by atoms with Crippen molar-refractivity contribution in [3.05, 3.63) is 0 Å². The summed E-state index contributed by atoms with van der Waals surface area (Å²) in [6.07, 6.45) is 2.76. The van der Waals surface area contributed by atoms with E-state index < -0.39 is 5.97 Å². The highest BCUT2D eigenvalue weighted by Crippen LogP contribution is 2.25. The molecule has 0 aliphatic carbocycles. The summed E-state index contributed by atoms with van der Waals surface area (Å²) in [6.45, 7) is 7.70. The Hall–Kier alpha value is -1.30. The number of hydrogen-bond donors (Lipinski definition) is 1. The highest BCUT2D eigenvalue weighted by Gasteiger charge is 2.38. The molecular formula is C15H26N2O4. The minimum atomic E-state index is -0.838. The molecule has 0 radical (unpaired) electrons. The molecule has 0 saturated carbocycles. The molecule has 2 aliphatic rings. The van der Waals surface area contributed by atoms with Gasteiger partial charge in [-0.15, -0.1) is 0 Å². The van der Waals surface area contributed by atoms with Gasteiger partial charge in [-0.05, 0) is 40.0 Å². The van der Waals surface area contributed by atoms with E-state index in [0.717, 1.165) is 19.3 Å². The van der Waals surface area contributed by atoms with Crippen LogP contribution in [0.3, 0.4) is 0 Å². The number of hydrogen-bond acceptors (Lipinski definition) is 3. The van der Waals surface area contributed by atoms with Crippen molar-refractivity contribution in [3.63, 3.8) is 0 Å². The third-order valence-corrected chi connectivity index (χ3v) is 4.12. The molecule has 21 heavy (non-hydrogen) atoms. The molecule has 6 heteroatoms. The summed E-state index contributed by atoms with van der Waals surface area (Å²) in [6, 6.07) is -0.214. The summed E-state index contributed by atoms with van der Waals surface area (Å²) >= 11 is 0. The van der Waals surface area contributed by atoms with Crippen LogP contribution in [0.5, 0.6) is 0 Å². The number of carboxylic acid groups (broad SMARTS) is 1. The smallest absolute Gasteiger partial charge is 0.320 e. The van der Waals surface area contributed by atoms with Crippen LogP contribution in [0.25, 0.3) is 0 Å². The number of rotatable bonds is 2. The van der Waals surface area contributed by atoms with Crippen LogP contribution < -0.4 is 0 Å². The molecule has 0 spiro atoms. The van der Waals surface area contributed by atoms with Gasteiger partial charge in [0.15, 0.2) is 0 Å².